The Morgan fingerprint density at radius 2 is 2.27 bits per heavy atom. The van der Waals surface area contributed by atoms with Gasteiger partial charge in [0.05, 0.1) is 18.7 Å². The normalized spacial score (nSPS) is 15.6. The van der Waals surface area contributed by atoms with Gasteiger partial charge in [0.1, 0.15) is 0 Å². The smallest absolute Gasteiger partial charge is 0.0871 e. The van der Waals surface area contributed by atoms with Crippen molar-refractivity contribution in [1.29, 1.82) is 0 Å². The van der Waals surface area contributed by atoms with Gasteiger partial charge in [-0.2, -0.15) is 0 Å². The Morgan fingerprint density at radius 1 is 1.40 bits per heavy atom. The van der Waals surface area contributed by atoms with E-state index in [0.717, 1.165) is 19.8 Å². The predicted molar refractivity (Wildman–Crippen MR) is 64.0 cm³/mol. The van der Waals surface area contributed by atoms with E-state index in [2.05, 4.69) is 45.6 Å². The number of aromatic nitrogens is 1. The van der Waals surface area contributed by atoms with Crippen LogP contribution in [0.15, 0.2) is 22.7 Å². The van der Waals surface area contributed by atoms with E-state index in [-0.39, 0.29) is 0 Å². The topological polar surface area (TPSA) is 14.2 Å². The zero-order chi connectivity index (χ0) is 10.4. The number of ether oxygens (including phenoxy) is 1. The zero-order valence-electron chi connectivity index (χ0n) is 8.59. The summed E-state index contributed by atoms with van der Waals surface area (Å²) in [4.78, 5) is 0. The average Bonchev–Trinajstić information content (AvgIpc) is 2.55. The first-order valence-electron chi connectivity index (χ1n) is 5.13. The number of hydrogen-bond acceptors (Lipinski definition) is 1. The summed E-state index contributed by atoms with van der Waals surface area (Å²) < 4.78 is 9.06. The van der Waals surface area contributed by atoms with Crippen LogP contribution in [0.3, 0.4) is 0 Å². The van der Waals surface area contributed by atoms with Gasteiger partial charge in [0.25, 0.3) is 0 Å². The number of nitrogens with zero attached hydrogens (tertiary/aromatic N) is 1. The monoisotopic (exact) mass is 265 g/mol. The Bertz CT molecular complexity index is 530. The first-order valence-corrected chi connectivity index (χ1v) is 5.92. The molecule has 0 amide bonds. The third-order valence-corrected chi connectivity index (χ3v) is 3.76. The van der Waals surface area contributed by atoms with Crippen LogP contribution >= 0.6 is 15.9 Å². The summed E-state index contributed by atoms with van der Waals surface area (Å²) in [7, 11) is 0. The van der Waals surface area contributed by atoms with Crippen LogP contribution in [0.2, 0.25) is 0 Å². The van der Waals surface area contributed by atoms with Gasteiger partial charge in [-0.15, -0.1) is 0 Å². The molecule has 2 aromatic rings. The molecule has 3 rings (SSSR count). The van der Waals surface area contributed by atoms with E-state index in [1.165, 1.54) is 26.6 Å². The molecule has 2 heterocycles. The van der Waals surface area contributed by atoms with Gasteiger partial charge in [-0.1, -0.05) is 12.1 Å². The molecule has 15 heavy (non-hydrogen) atoms. The number of aryl methyl sites for hydroxylation is 1. The molecule has 0 bridgehead atoms. The lowest BCUT2D eigenvalue weighted by Crippen LogP contribution is -2.16. The highest BCUT2D eigenvalue weighted by Crippen LogP contribution is 2.32. The van der Waals surface area contributed by atoms with E-state index in [1.54, 1.807) is 0 Å². The summed E-state index contributed by atoms with van der Waals surface area (Å²) in [5.74, 6) is 0. The molecule has 2 nitrogen and oxygen atoms in total. The summed E-state index contributed by atoms with van der Waals surface area (Å²) in [6, 6.07) is 6.37. The number of benzene rings is 1. The molecule has 0 N–H and O–H groups in total. The fourth-order valence-electron chi connectivity index (χ4n) is 2.34. The standard InChI is InChI=1S/C12H12BrNO/c1-8-9-3-2-4-10(13)12(9)14-5-6-15-7-11(8)14/h2-4H,5-7H2,1H3. The average molecular weight is 266 g/mol. The van der Waals surface area contributed by atoms with Crippen LogP contribution < -0.4 is 0 Å². The Kier molecular flexibility index (Phi) is 2.11. The molecule has 0 spiro atoms. The molecule has 1 aliphatic rings. The van der Waals surface area contributed by atoms with Crippen LogP contribution in [0.1, 0.15) is 11.3 Å². The van der Waals surface area contributed by atoms with Gasteiger partial charge in [0.15, 0.2) is 0 Å². The molecule has 0 unspecified atom stereocenters. The minimum Gasteiger partial charge on any atom is -0.373 e. The zero-order valence-corrected chi connectivity index (χ0v) is 10.2. The highest BCUT2D eigenvalue weighted by molar-refractivity contribution is 9.10. The molecule has 3 heteroatoms. The Morgan fingerprint density at radius 3 is 3.13 bits per heavy atom. The predicted octanol–water partition coefficient (Wildman–Crippen LogP) is 3.24. The fraction of sp³-hybridized carbons (Fsp3) is 0.333. The van der Waals surface area contributed by atoms with E-state index < -0.39 is 0 Å². The van der Waals surface area contributed by atoms with Crippen molar-refractivity contribution in [2.75, 3.05) is 6.61 Å². The van der Waals surface area contributed by atoms with Crippen molar-refractivity contribution in [3.05, 3.63) is 33.9 Å². The van der Waals surface area contributed by atoms with Gasteiger partial charge in [0, 0.05) is 22.1 Å². The summed E-state index contributed by atoms with van der Waals surface area (Å²) in [5.41, 5.74) is 3.99. The van der Waals surface area contributed by atoms with Crippen LogP contribution in [0, 0.1) is 6.92 Å². The first-order chi connectivity index (χ1) is 7.29. The Balaban J connectivity index is 2.44. The Labute approximate surface area is 97.0 Å². The lowest BCUT2D eigenvalue weighted by molar-refractivity contribution is 0.0859. The number of hydrogen-bond donors (Lipinski definition) is 0. The molecule has 0 aliphatic carbocycles. The molecule has 0 fully saturated rings. The van der Waals surface area contributed by atoms with Crippen molar-refractivity contribution < 1.29 is 4.74 Å². The lowest BCUT2D eigenvalue weighted by atomic mass is 10.1. The lowest BCUT2D eigenvalue weighted by Gasteiger charge is -2.17. The van der Waals surface area contributed by atoms with E-state index in [9.17, 15) is 0 Å². The third-order valence-electron chi connectivity index (χ3n) is 3.12. The third kappa shape index (κ3) is 1.26. The van der Waals surface area contributed by atoms with Crippen molar-refractivity contribution in [2.45, 2.75) is 20.1 Å². The molecular weight excluding hydrogens is 254 g/mol. The summed E-state index contributed by atoms with van der Waals surface area (Å²) in [6.45, 7) is 4.70. The van der Waals surface area contributed by atoms with Crippen molar-refractivity contribution in [2.24, 2.45) is 0 Å². The van der Waals surface area contributed by atoms with Crippen molar-refractivity contribution in [3.8, 4) is 0 Å². The highest BCUT2D eigenvalue weighted by atomic mass is 79.9. The number of fused-ring (bicyclic) bond motifs is 3. The molecule has 1 aliphatic heterocycles. The summed E-state index contributed by atoms with van der Waals surface area (Å²) in [6.07, 6.45) is 0. The molecule has 0 saturated heterocycles. The maximum absolute atomic E-state index is 5.51. The van der Waals surface area contributed by atoms with E-state index >= 15 is 0 Å². The van der Waals surface area contributed by atoms with Gasteiger partial charge >= 0.3 is 0 Å². The maximum Gasteiger partial charge on any atom is 0.0871 e. The molecule has 0 atom stereocenters. The highest BCUT2D eigenvalue weighted by Gasteiger charge is 2.18. The molecule has 0 saturated carbocycles. The molecule has 1 aromatic heterocycles. The van der Waals surface area contributed by atoms with Crippen molar-refractivity contribution in [1.82, 2.24) is 4.57 Å². The van der Waals surface area contributed by atoms with Gasteiger partial charge in [0.2, 0.25) is 0 Å². The van der Waals surface area contributed by atoms with E-state index in [0.29, 0.717) is 0 Å². The van der Waals surface area contributed by atoms with Gasteiger partial charge in [-0.3, -0.25) is 0 Å². The SMILES string of the molecule is Cc1c2n(c3c(Br)cccc13)CCOC2. The summed E-state index contributed by atoms with van der Waals surface area (Å²) >= 11 is 3.63. The molecular formula is C12H12BrNO. The van der Waals surface area contributed by atoms with Crippen molar-refractivity contribution in [3.63, 3.8) is 0 Å². The van der Waals surface area contributed by atoms with Gasteiger partial charge in [-0.25, -0.2) is 0 Å². The Hall–Kier alpha value is -0.800. The van der Waals surface area contributed by atoms with E-state index in [1.807, 2.05) is 0 Å². The minimum atomic E-state index is 0.743. The van der Waals surface area contributed by atoms with E-state index in [4.69, 9.17) is 4.74 Å². The van der Waals surface area contributed by atoms with Crippen molar-refractivity contribution >= 4 is 26.8 Å². The quantitative estimate of drug-likeness (QED) is 0.714. The van der Waals surface area contributed by atoms with Crippen LogP contribution in [-0.2, 0) is 17.9 Å². The summed E-state index contributed by atoms with van der Waals surface area (Å²) in [5, 5.41) is 1.34. The fourth-order valence-corrected chi connectivity index (χ4v) is 2.92. The molecule has 1 aromatic carbocycles. The van der Waals surface area contributed by atoms with Crippen LogP contribution in [0.25, 0.3) is 10.9 Å². The minimum absolute atomic E-state index is 0.743. The number of halogens is 1. The maximum atomic E-state index is 5.51. The molecule has 0 radical (unpaired) electrons. The largest absolute Gasteiger partial charge is 0.373 e. The first kappa shape index (κ1) is 9.43. The van der Waals surface area contributed by atoms with Crippen LogP contribution in [0.5, 0.6) is 0 Å². The number of para-hydroxylation sites is 1. The second-order valence-electron chi connectivity index (χ2n) is 3.91. The number of rotatable bonds is 0. The second-order valence-corrected chi connectivity index (χ2v) is 4.77. The van der Waals surface area contributed by atoms with Gasteiger partial charge < -0.3 is 9.30 Å². The second kappa shape index (κ2) is 3.35. The van der Waals surface area contributed by atoms with Crippen LogP contribution in [-0.4, -0.2) is 11.2 Å². The van der Waals surface area contributed by atoms with Crippen LogP contribution in [0.4, 0.5) is 0 Å². The molecule has 78 valence electrons. The van der Waals surface area contributed by atoms with Gasteiger partial charge in [-0.05, 0) is 34.5 Å².